The van der Waals surface area contributed by atoms with Crippen LogP contribution in [0.1, 0.15) is 143 Å². The maximum Gasteiger partial charge on any atom is 0.265 e. The number of ketones is 1. The van der Waals surface area contributed by atoms with E-state index in [-0.39, 0.29) is 27.4 Å². The summed E-state index contributed by atoms with van der Waals surface area (Å²) in [6, 6.07) is 13.0. The fraction of sp³-hybridized carbons (Fsp3) is 0.658. The molecule has 6 heteroatoms. The Morgan fingerprint density at radius 2 is 1.11 bits per heavy atom. The molecule has 2 aliphatic rings. The number of carbonyl (C=O) groups is 1. The number of hydrogen-bond acceptors (Lipinski definition) is 3. The summed E-state index contributed by atoms with van der Waals surface area (Å²) in [5.74, 6) is -0.636. The van der Waals surface area contributed by atoms with Crippen molar-refractivity contribution in [1.82, 2.24) is 0 Å². The third-order valence-electron chi connectivity index (χ3n) is 11.0. The number of Topliss-reactive ketones (excluding diaryl/α,β-unsaturated/α-hetero) is 1. The predicted molar refractivity (Wildman–Crippen MR) is 192 cm³/mol. The van der Waals surface area contributed by atoms with Gasteiger partial charge in [0.1, 0.15) is 3.42 Å². The van der Waals surface area contributed by atoms with E-state index in [1.807, 2.05) is 0 Å². The van der Waals surface area contributed by atoms with E-state index in [0.29, 0.717) is 12.8 Å². The Morgan fingerprint density at radius 1 is 0.705 bits per heavy atom. The van der Waals surface area contributed by atoms with Gasteiger partial charge in [-0.25, -0.2) is 0 Å². The molecule has 2 bridgehead atoms. The van der Waals surface area contributed by atoms with Gasteiger partial charge in [-0.05, 0) is 73.3 Å². The zero-order valence-electron chi connectivity index (χ0n) is 29.5. The Bertz CT molecular complexity index is 1610. The summed E-state index contributed by atoms with van der Waals surface area (Å²) in [7, 11) is -4.46. The van der Waals surface area contributed by atoms with Crippen molar-refractivity contribution >= 4 is 38.5 Å². The molecule has 4 rings (SSSR count). The van der Waals surface area contributed by atoms with Crippen LogP contribution in [0, 0.1) is 10.8 Å². The Morgan fingerprint density at radius 3 is 1.50 bits per heavy atom. The van der Waals surface area contributed by atoms with Gasteiger partial charge in [-0.15, -0.1) is 0 Å². The Balaban J connectivity index is 2.33. The van der Waals surface area contributed by atoms with Crippen molar-refractivity contribution in [3.63, 3.8) is 0 Å². The van der Waals surface area contributed by atoms with Crippen LogP contribution in [0.3, 0.4) is 0 Å². The smallest absolute Gasteiger partial charge is 0.265 e. The van der Waals surface area contributed by atoms with Gasteiger partial charge in [0.05, 0.1) is 11.2 Å². The maximum absolute atomic E-state index is 15.6. The van der Waals surface area contributed by atoms with Crippen LogP contribution in [-0.2, 0) is 45.4 Å². The molecule has 3 atom stereocenters. The number of alkyl halides is 1. The lowest BCUT2D eigenvalue weighted by atomic mass is 9.54. The zero-order chi connectivity index (χ0) is 33.9. The normalized spacial score (nSPS) is 27.7. The minimum absolute atomic E-state index is 0.0722. The predicted octanol–water partition coefficient (Wildman–Crippen LogP) is 9.72. The number of hydrogen-bond donors (Lipinski definition) is 1. The molecule has 3 unspecified atom stereocenters. The van der Waals surface area contributed by atoms with Crippen molar-refractivity contribution < 1.29 is 17.8 Å². The summed E-state index contributed by atoms with van der Waals surface area (Å²) in [4.78, 5) is 15.6. The highest BCUT2D eigenvalue weighted by Gasteiger charge is 2.83. The topological polar surface area (TPSA) is 71.4 Å². The van der Waals surface area contributed by atoms with Crippen LogP contribution in [-0.4, -0.2) is 24.5 Å². The van der Waals surface area contributed by atoms with E-state index in [4.69, 9.17) is 0 Å². The molecule has 1 N–H and O–H groups in total. The van der Waals surface area contributed by atoms with Gasteiger partial charge in [0, 0.05) is 5.41 Å². The molecule has 0 saturated heterocycles. The van der Waals surface area contributed by atoms with Gasteiger partial charge in [-0.3, -0.25) is 9.35 Å². The molecule has 0 heterocycles. The van der Waals surface area contributed by atoms with Gasteiger partial charge in [0.15, 0.2) is 5.78 Å². The summed E-state index contributed by atoms with van der Waals surface area (Å²) in [6.07, 6.45) is 1.06. The summed E-state index contributed by atoms with van der Waals surface area (Å²) >= 11 is 2.45. The fourth-order valence-corrected chi connectivity index (χ4v) is 12.7. The largest absolute Gasteiger partial charge is 0.297 e. The number of halogens is 1. The molecule has 0 aliphatic heterocycles. The third kappa shape index (κ3) is 4.89. The van der Waals surface area contributed by atoms with E-state index in [1.165, 1.54) is 16.7 Å². The number of benzene rings is 2. The van der Waals surface area contributed by atoms with Crippen LogP contribution in [0.15, 0.2) is 36.4 Å². The molecule has 2 aromatic rings. The molecule has 44 heavy (non-hydrogen) atoms. The Hall–Kier alpha value is -1.25. The maximum atomic E-state index is 15.6. The van der Waals surface area contributed by atoms with Gasteiger partial charge >= 0.3 is 0 Å². The highest BCUT2D eigenvalue weighted by Crippen LogP contribution is 2.80. The lowest BCUT2D eigenvalue weighted by Crippen LogP contribution is -2.52. The molecule has 2 aromatic carbocycles. The van der Waals surface area contributed by atoms with Gasteiger partial charge in [-0.2, -0.15) is 8.42 Å². The van der Waals surface area contributed by atoms with Crippen molar-refractivity contribution in [3.8, 4) is 0 Å². The zero-order valence-corrected chi connectivity index (χ0v) is 32.5. The second-order valence-corrected chi connectivity index (χ2v) is 21.4. The summed E-state index contributed by atoms with van der Waals surface area (Å²) < 4.78 is 35.0. The van der Waals surface area contributed by atoms with Gasteiger partial charge in [0.2, 0.25) is 0 Å². The van der Waals surface area contributed by atoms with Crippen LogP contribution >= 0.6 is 22.6 Å². The molecule has 2 fully saturated rings. The average Bonchev–Trinajstić information content (AvgIpc) is 3.11. The van der Waals surface area contributed by atoms with Gasteiger partial charge in [-0.1, -0.05) is 156 Å². The number of carbonyl (C=O) groups excluding carboxylic acids is 1. The highest BCUT2D eigenvalue weighted by atomic mass is 127. The minimum Gasteiger partial charge on any atom is -0.297 e. The SMILES string of the molecule is CC(C)(C)c1cccc(C2(I)C(=O)C3(CS(=O)(=O)O)CCC2(c2cccc(C(C)(C)C)c2C(C)(C)C)C3(C)C)c1C(C)(C)C. The molecule has 0 amide bonds. The molecule has 0 radical (unpaired) electrons. The lowest BCUT2D eigenvalue weighted by Gasteiger charge is -2.51. The van der Waals surface area contributed by atoms with Crippen molar-refractivity contribution in [1.29, 1.82) is 0 Å². The molecule has 2 saturated carbocycles. The molecule has 244 valence electrons. The van der Waals surface area contributed by atoms with Gasteiger partial charge < -0.3 is 0 Å². The second kappa shape index (κ2) is 10.1. The second-order valence-electron chi connectivity index (χ2n) is 18.3. The monoisotopic (exact) mass is 734 g/mol. The van der Waals surface area contributed by atoms with Crippen LogP contribution < -0.4 is 0 Å². The van der Waals surface area contributed by atoms with Crippen LogP contribution in [0.4, 0.5) is 0 Å². The van der Waals surface area contributed by atoms with Crippen LogP contribution in [0.5, 0.6) is 0 Å². The summed E-state index contributed by atoms with van der Waals surface area (Å²) in [5.41, 5.74) is 3.31. The molecular formula is C38H55IO4S. The van der Waals surface area contributed by atoms with E-state index >= 15 is 4.79 Å². The van der Waals surface area contributed by atoms with Crippen molar-refractivity contribution in [3.05, 3.63) is 69.8 Å². The summed E-state index contributed by atoms with van der Waals surface area (Å²) in [6.45, 7) is 31.0. The minimum atomic E-state index is -4.46. The Labute approximate surface area is 281 Å². The lowest BCUT2D eigenvalue weighted by molar-refractivity contribution is -0.130. The average molecular weight is 735 g/mol. The van der Waals surface area contributed by atoms with E-state index in [9.17, 15) is 13.0 Å². The number of fused-ring (bicyclic) bond motifs is 2. The van der Waals surface area contributed by atoms with Crippen molar-refractivity contribution in [2.45, 2.75) is 140 Å². The first-order chi connectivity index (χ1) is 19.5. The summed E-state index contributed by atoms with van der Waals surface area (Å²) in [5, 5.41) is 0. The quantitative estimate of drug-likeness (QED) is 0.193. The van der Waals surface area contributed by atoms with E-state index < -0.39 is 35.5 Å². The molecule has 0 spiro atoms. The molecule has 4 nitrogen and oxygen atoms in total. The Kier molecular flexibility index (Phi) is 8.19. The first-order valence-electron chi connectivity index (χ1n) is 16.0. The van der Waals surface area contributed by atoms with Crippen molar-refractivity contribution in [2.24, 2.45) is 10.8 Å². The third-order valence-corrected chi connectivity index (χ3v) is 13.9. The molecular weight excluding hydrogens is 679 g/mol. The van der Waals surface area contributed by atoms with Crippen molar-refractivity contribution in [2.75, 3.05) is 5.75 Å². The van der Waals surface area contributed by atoms with Crippen LogP contribution in [0.25, 0.3) is 0 Å². The standard InChI is InChI=1S/C38H55IO4S/c1-31(2,3)24-17-15-19-26(28(24)33(7,8)9)37-22-21-36(35(37,13)14,23-44(41,42)43)30(40)38(37,39)27-20-16-18-25(32(4,5)6)29(27)34(10,11)12/h15-20H,21-23H2,1-14H3,(H,41,42,43). The molecule has 0 aromatic heterocycles. The fourth-order valence-electron chi connectivity index (χ4n) is 9.21. The first kappa shape index (κ1) is 35.6. The van der Waals surface area contributed by atoms with Crippen LogP contribution in [0.2, 0.25) is 0 Å². The van der Waals surface area contributed by atoms with E-state index in [1.54, 1.807) is 0 Å². The van der Waals surface area contributed by atoms with Gasteiger partial charge in [0.25, 0.3) is 10.1 Å². The van der Waals surface area contributed by atoms with E-state index in [2.05, 4.69) is 156 Å². The van der Waals surface area contributed by atoms with E-state index in [0.717, 1.165) is 16.7 Å². The first-order valence-corrected chi connectivity index (χ1v) is 18.7. The number of rotatable bonds is 4. The molecule has 2 aliphatic carbocycles. The highest BCUT2D eigenvalue weighted by molar-refractivity contribution is 14.1.